The van der Waals surface area contributed by atoms with Gasteiger partial charge in [-0.05, 0) is 61.2 Å². The first-order chi connectivity index (χ1) is 13.9. The van der Waals surface area contributed by atoms with E-state index in [9.17, 15) is 13.2 Å². The lowest BCUT2D eigenvalue weighted by atomic mass is 10.1. The van der Waals surface area contributed by atoms with E-state index in [1.54, 1.807) is 25.3 Å². The van der Waals surface area contributed by atoms with Crippen molar-refractivity contribution < 1.29 is 27.4 Å². The number of esters is 1. The number of carbonyl (C=O) groups excluding carboxylic acids is 1. The molecule has 156 valence electrons. The molecule has 1 saturated heterocycles. The number of rotatable bonds is 7. The molecule has 0 radical (unpaired) electrons. The smallest absolute Gasteiger partial charge is 0.338 e. The Labute approximate surface area is 171 Å². The second-order valence-corrected chi connectivity index (χ2v) is 8.79. The van der Waals surface area contributed by atoms with Crippen LogP contribution in [0.2, 0.25) is 0 Å². The molecule has 0 aliphatic carbocycles. The molecule has 1 aliphatic rings. The zero-order valence-electron chi connectivity index (χ0n) is 16.8. The minimum atomic E-state index is -3.59. The fourth-order valence-corrected chi connectivity index (χ4v) is 4.83. The van der Waals surface area contributed by atoms with Crippen molar-refractivity contribution >= 4 is 16.0 Å². The van der Waals surface area contributed by atoms with E-state index in [4.69, 9.17) is 14.2 Å². The van der Waals surface area contributed by atoms with Crippen LogP contribution in [0.5, 0.6) is 11.5 Å². The highest BCUT2D eigenvalue weighted by atomic mass is 32.2. The maximum absolute atomic E-state index is 12.7. The molecule has 8 heteroatoms. The van der Waals surface area contributed by atoms with Crippen molar-refractivity contribution in [1.82, 2.24) is 4.31 Å². The molecule has 2 aromatic carbocycles. The first-order valence-corrected chi connectivity index (χ1v) is 10.8. The van der Waals surface area contributed by atoms with Crippen LogP contribution in [0.25, 0.3) is 0 Å². The number of hydrogen-bond donors (Lipinski definition) is 0. The topological polar surface area (TPSA) is 82.1 Å². The predicted octanol–water partition coefficient (Wildman–Crippen LogP) is 3.15. The summed E-state index contributed by atoms with van der Waals surface area (Å²) in [6.45, 7) is 2.94. The Morgan fingerprint density at radius 3 is 2.34 bits per heavy atom. The lowest BCUT2D eigenvalue weighted by molar-refractivity contribution is 0.0471. The zero-order valence-corrected chi connectivity index (χ0v) is 17.6. The first-order valence-electron chi connectivity index (χ1n) is 9.35. The molecule has 2 aromatic rings. The summed E-state index contributed by atoms with van der Waals surface area (Å²) >= 11 is 0. The molecule has 1 heterocycles. The van der Waals surface area contributed by atoms with Crippen LogP contribution in [0.15, 0.2) is 41.3 Å². The lowest BCUT2D eigenvalue weighted by Gasteiger charge is -2.16. The number of carbonyl (C=O) groups is 1. The van der Waals surface area contributed by atoms with Crippen LogP contribution in [0.3, 0.4) is 0 Å². The van der Waals surface area contributed by atoms with E-state index in [-0.39, 0.29) is 17.1 Å². The molecule has 0 amide bonds. The van der Waals surface area contributed by atoms with Crippen molar-refractivity contribution in [3.05, 3.63) is 53.1 Å². The maximum atomic E-state index is 12.7. The number of sulfonamides is 1. The Morgan fingerprint density at radius 1 is 1.03 bits per heavy atom. The van der Waals surface area contributed by atoms with Crippen molar-refractivity contribution in [3.63, 3.8) is 0 Å². The van der Waals surface area contributed by atoms with Gasteiger partial charge in [0.05, 0.1) is 24.7 Å². The molecule has 7 nitrogen and oxygen atoms in total. The van der Waals surface area contributed by atoms with E-state index in [0.717, 1.165) is 24.0 Å². The molecule has 3 rings (SSSR count). The molecule has 0 spiro atoms. The third-order valence-electron chi connectivity index (χ3n) is 4.97. The Bertz CT molecular complexity index is 996. The van der Waals surface area contributed by atoms with Gasteiger partial charge >= 0.3 is 5.97 Å². The second kappa shape index (κ2) is 8.84. The highest BCUT2D eigenvalue weighted by Gasteiger charge is 2.27. The van der Waals surface area contributed by atoms with Gasteiger partial charge in [-0.3, -0.25) is 0 Å². The molecule has 0 N–H and O–H groups in total. The van der Waals surface area contributed by atoms with Crippen molar-refractivity contribution in [1.29, 1.82) is 0 Å². The van der Waals surface area contributed by atoms with Gasteiger partial charge in [0.15, 0.2) is 11.5 Å². The van der Waals surface area contributed by atoms with Crippen LogP contribution >= 0.6 is 0 Å². The second-order valence-electron chi connectivity index (χ2n) is 6.85. The van der Waals surface area contributed by atoms with Gasteiger partial charge in [-0.2, -0.15) is 4.31 Å². The van der Waals surface area contributed by atoms with Gasteiger partial charge in [0, 0.05) is 13.1 Å². The van der Waals surface area contributed by atoms with Crippen molar-refractivity contribution in [2.24, 2.45) is 0 Å². The number of aryl methyl sites for hydroxylation is 1. The summed E-state index contributed by atoms with van der Waals surface area (Å²) < 4.78 is 42.8. The Balaban J connectivity index is 1.75. The normalized spacial score (nSPS) is 14.6. The van der Waals surface area contributed by atoms with Gasteiger partial charge in [-0.25, -0.2) is 13.2 Å². The largest absolute Gasteiger partial charge is 0.493 e. The van der Waals surface area contributed by atoms with E-state index in [1.165, 1.54) is 23.5 Å². The van der Waals surface area contributed by atoms with E-state index in [1.807, 2.05) is 13.0 Å². The van der Waals surface area contributed by atoms with Crippen LogP contribution in [-0.2, 0) is 21.4 Å². The molecule has 0 aromatic heterocycles. The molecule has 0 atom stereocenters. The summed E-state index contributed by atoms with van der Waals surface area (Å²) in [5, 5.41) is 0. The monoisotopic (exact) mass is 419 g/mol. The van der Waals surface area contributed by atoms with Crippen molar-refractivity contribution in [2.45, 2.75) is 31.3 Å². The number of nitrogens with zero attached hydrogens (tertiary/aromatic N) is 1. The summed E-state index contributed by atoms with van der Waals surface area (Å²) in [7, 11) is -0.497. The van der Waals surface area contributed by atoms with E-state index < -0.39 is 16.0 Å². The van der Waals surface area contributed by atoms with Crippen LogP contribution in [0.4, 0.5) is 0 Å². The number of hydrogen-bond acceptors (Lipinski definition) is 6. The summed E-state index contributed by atoms with van der Waals surface area (Å²) in [5.41, 5.74) is 1.86. The van der Waals surface area contributed by atoms with Crippen LogP contribution < -0.4 is 9.47 Å². The molecule has 1 aliphatic heterocycles. The van der Waals surface area contributed by atoms with Crippen LogP contribution in [0, 0.1) is 6.92 Å². The maximum Gasteiger partial charge on any atom is 0.338 e. The van der Waals surface area contributed by atoms with Gasteiger partial charge in [0.25, 0.3) is 0 Å². The predicted molar refractivity (Wildman–Crippen MR) is 108 cm³/mol. The minimum Gasteiger partial charge on any atom is -0.493 e. The number of methoxy groups -OCH3 is 2. The number of ether oxygens (including phenoxy) is 3. The lowest BCUT2D eigenvalue weighted by Crippen LogP contribution is -2.28. The Kier molecular flexibility index (Phi) is 6.44. The van der Waals surface area contributed by atoms with Crippen LogP contribution in [0.1, 0.15) is 34.3 Å². The third kappa shape index (κ3) is 4.54. The quantitative estimate of drug-likeness (QED) is 0.641. The van der Waals surface area contributed by atoms with E-state index >= 15 is 0 Å². The summed E-state index contributed by atoms with van der Waals surface area (Å²) in [5.74, 6) is 0.556. The Morgan fingerprint density at radius 2 is 1.69 bits per heavy atom. The van der Waals surface area contributed by atoms with Gasteiger partial charge in [0.1, 0.15) is 6.61 Å². The van der Waals surface area contributed by atoms with Gasteiger partial charge < -0.3 is 14.2 Å². The average Bonchev–Trinajstić information content (AvgIpc) is 3.28. The SMILES string of the molecule is COc1cc(C)c(COC(=O)c2cccc(S(=O)(=O)N3CCCC3)c2)cc1OC. The zero-order chi connectivity index (χ0) is 21.0. The molecular weight excluding hydrogens is 394 g/mol. The van der Waals surface area contributed by atoms with Gasteiger partial charge in [-0.15, -0.1) is 0 Å². The highest BCUT2D eigenvalue weighted by Crippen LogP contribution is 2.30. The molecule has 0 unspecified atom stereocenters. The first kappa shape index (κ1) is 21.1. The third-order valence-corrected chi connectivity index (χ3v) is 6.87. The highest BCUT2D eigenvalue weighted by molar-refractivity contribution is 7.89. The van der Waals surface area contributed by atoms with E-state index in [0.29, 0.717) is 24.6 Å². The molecule has 29 heavy (non-hydrogen) atoms. The number of benzene rings is 2. The van der Waals surface area contributed by atoms with E-state index in [2.05, 4.69) is 0 Å². The van der Waals surface area contributed by atoms with Gasteiger partial charge in [-0.1, -0.05) is 6.07 Å². The summed E-state index contributed by atoms with van der Waals surface area (Å²) in [6.07, 6.45) is 1.71. The van der Waals surface area contributed by atoms with Crippen molar-refractivity contribution in [3.8, 4) is 11.5 Å². The fourth-order valence-electron chi connectivity index (χ4n) is 3.27. The summed E-state index contributed by atoms with van der Waals surface area (Å²) in [4.78, 5) is 12.6. The fraction of sp³-hybridized carbons (Fsp3) is 0.381. The Hall–Kier alpha value is -2.58. The van der Waals surface area contributed by atoms with Gasteiger partial charge in [0.2, 0.25) is 10.0 Å². The molecule has 0 bridgehead atoms. The molecule has 0 saturated carbocycles. The standard InChI is InChI=1S/C21H25NO6S/c1-15-11-19(26-2)20(27-3)13-17(15)14-28-21(23)16-7-6-8-18(12-16)29(24,25)22-9-4-5-10-22/h6-8,11-13H,4-5,9-10,14H2,1-3H3. The van der Waals surface area contributed by atoms with Crippen LogP contribution in [-0.4, -0.2) is 46.0 Å². The summed E-state index contributed by atoms with van der Waals surface area (Å²) in [6, 6.07) is 9.55. The average molecular weight is 419 g/mol. The van der Waals surface area contributed by atoms with Crippen molar-refractivity contribution in [2.75, 3.05) is 27.3 Å². The molecule has 1 fully saturated rings. The molecular formula is C21H25NO6S. The minimum absolute atomic E-state index is 0.0358.